The highest BCUT2D eigenvalue weighted by Gasteiger charge is 2.11. The Hall–Kier alpha value is -2.28. The SMILES string of the molecule is COc1ccc(C)c2cc(C#N)c(=O)n(C)c12. The number of aromatic nitrogens is 1. The van der Waals surface area contributed by atoms with Crippen LogP contribution in [-0.2, 0) is 7.05 Å². The Labute approximate surface area is 98.7 Å². The van der Waals surface area contributed by atoms with Gasteiger partial charge in [-0.05, 0) is 24.6 Å². The summed E-state index contributed by atoms with van der Waals surface area (Å²) in [5, 5.41) is 9.79. The van der Waals surface area contributed by atoms with Crippen LogP contribution in [0.5, 0.6) is 5.75 Å². The highest BCUT2D eigenvalue weighted by atomic mass is 16.5. The van der Waals surface area contributed by atoms with Crippen LogP contribution in [0.2, 0.25) is 0 Å². The number of nitriles is 1. The molecule has 0 aliphatic heterocycles. The zero-order valence-corrected chi connectivity index (χ0v) is 9.94. The molecule has 0 radical (unpaired) electrons. The predicted molar refractivity (Wildman–Crippen MR) is 65.2 cm³/mol. The van der Waals surface area contributed by atoms with Crippen LogP contribution in [0.3, 0.4) is 0 Å². The highest BCUT2D eigenvalue weighted by molar-refractivity contribution is 5.88. The van der Waals surface area contributed by atoms with Crippen molar-refractivity contribution in [2.75, 3.05) is 7.11 Å². The van der Waals surface area contributed by atoms with Gasteiger partial charge in [0.15, 0.2) is 0 Å². The van der Waals surface area contributed by atoms with E-state index in [1.54, 1.807) is 20.2 Å². The molecule has 4 heteroatoms. The van der Waals surface area contributed by atoms with Gasteiger partial charge in [-0.1, -0.05) is 6.07 Å². The molecule has 0 saturated carbocycles. The number of benzene rings is 1. The quantitative estimate of drug-likeness (QED) is 0.746. The largest absolute Gasteiger partial charge is 0.495 e. The van der Waals surface area contributed by atoms with Gasteiger partial charge in [0.05, 0.1) is 12.6 Å². The summed E-state index contributed by atoms with van der Waals surface area (Å²) in [6.45, 7) is 1.94. The molecule has 0 fully saturated rings. The number of hydrogen-bond donors (Lipinski definition) is 0. The number of hydrogen-bond acceptors (Lipinski definition) is 3. The van der Waals surface area contributed by atoms with Crippen molar-refractivity contribution in [2.45, 2.75) is 6.92 Å². The molecule has 1 aromatic heterocycles. The van der Waals surface area contributed by atoms with Crippen molar-refractivity contribution in [1.29, 1.82) is 5.26 Å². The maximum Gasteiger partial charge on any atom is 0.268 e. The first-order valence-corrected chi connectivity index (χ1v) is 5.17. The maximum absolute atomic E-state index is 11.9. The summed E-state index contributed by atoms with van der Waals surface area (Å²) in [6, 6.07) is 7.27. The molecule has 0 N–H and O–H groups in total. The van der Waals surface area contributed by atoms with E-state index in [-0.39, 0.29) is 11.1 Å². The molecular formula is C13H12N2O2. The average molecular weight is 228 g/mol. The van der Waals surface area contributed by atoms with E-state index in [2.05, 4.69) is 0 Å². The lowest BCUT2D eigenvalue weighted by Gasteiger charge is -2.11. The molecule has 17 heavy (non-hydrogen) atoms. The fourth-order valence-corrected chi connectivity index (χ4v) is 1.95. The fraction of sp³-hybridized carbons (Fsp3) is 0.231. The second-order valence-electron chi connectivity index (χ2n) is 3.88. The van der Waals surface area contributed by atoms with E-state index in [0.717, 1.165) is 16.5 Å². The van der Waals surface area contributed by atoms with Crippen LogP contribution in [0.1, 0.15) is 11.1 Å². The van der Waals surface area contributed by atoms with Crippen molar-refractivity contribution in [3.63, 3.8) is 0 Å². The molecule has 1 aromatic carbocycles. The van der Waals surface area contributed by atoms with Gasteiger partial charge in [-0.3, -0.25) is 4.79 Å². The van der Waals surface area contributed by atoms with E-state index in [1.807, 2.05) is 25.1 Å². The average Bonchev–Trinajstić information content (AvgIpc) is 2.34. The first-order chi connectivity index (χ1) is 8.10. The van der Waals surface area contributed by atoms with E-state index < -0.39 is 0 Å². The number of ether oxygens (including phenoxy) is 1. The zero-order chi connectivity index (χ0) is 12.6. The van der Waals surface area contributed by atoms with Crippen LogP contribution in [0.4, 0.5) is 0 Å². The number of pyridine rings is 1. The lowest BCUT2D eigenvalue weighted by atomic mass is 10.1. The van der Waals surface area contributed by atoms with Gasteiger partial charge in [0.25, 0.3) is 5.56 Å². The Morgan fingerprint density at radius 1 is 1.41 bits per heavy atom. The molecule has 0 spiro atoms. The third kappa shape index (κ3) is 1.56. The number of rotatable bonds is 1. The summed E-state index contributed by atoms with van der Waals surface area (Å²) in [5.74, 6) is 0.634. The van der Waals surface area contributed by atoms with Gasteiger partial charge in [0, 0.05) is 12.4 Å². The Bertz CT molecular complexity index is 693. The van der Waals surface area contributed by atoms with E-state index in [1.165, 1.54) is 4.57 Å². The van der Waals surface area contributed by atoms with E-state index in [0.29, 0.717) is 5.75 Å². The normalized spacial score (nSPS) is 10.2. The van der Waals surface area contributed by atoms with Gasteiger partial charge in [-0.2, -0.15) is 5.26 Å². The van der Waals surface area contributed by atoms with Crippen molar-refractivity contribution >= 4 is 10.9 Å². The summed E-state index contributed by atoms with van der Waals surface area (Å²) in [4.78, 5) is 11.9. The fourth-order valence-electron chi connectivity index (χ4n) is 1.95. The summed E-state index contributed by atoms with van der Waals surface area (Å²) < 4.78 is 6.71. The molecule has 0 bridgehead atoms. The first-order valence-electron chi connectivity index (χ1n) is 5.17. The Morgan fingerprint density at radius 2 is 2.12 bits per heavy atom. The topological polar surface area (TPSA) is 55.0 Å². The Kier molecular flexibility index (Phi) is 2.60. The molecule has 2 rings (SSSR count). The molecule has 2 aromatic rings. The van der Waals surface area contributed by atoms with Crippen LogP contribution < -0.4 is 10.3 Å². The van der Waals surface area contributed by atoms with Gasteiger partial charge < -0.3 is 9.30 Å². The van der Waals surface area contributed by atoms with Crippen LogP contribution in [0, 0.1) is 18.3 Å². The molecule has 0 unspecified atom stereocenters. The summed E-state index contributed by atoms with van der Waals surface area (Å²) in [6.07, 6.45) is 0. The van der Waals surface area contributed by atoms with Crippen LogP contribution in [0.15, 0.2) is 23.0 Å². The second kappa shape index (κ2) is 3.95. The molecule has 0 atom stereocenters. The van der Waals surface area contributed by atoms with Crippen molar-refractivity contribution in [3.8, 4) is 11.8 Å². The summed E-state index contributed by atoms with van der Waals surface area (Å²) in [7, 11) is 3.21. The number of methoxy groups -OCH3 is 1. The van der Waals surface area contributed by atoms with Gasteiger partial charge in [0.1, 0.15) is 17.4 Å². The lowest BCUT2D eigenvalue weighted by molar-refractivity contribution is 0.417. The Morgan fingerprint density at radius 3 is 2.71 bits per heavy atom. The van der Waals surface area contributed by atoms with Crippen LogP contribution >= 0.6 is 0 Å². The minimum absolute atomic E-state index is 0.149. The molecule has 0 saturated heterocycles. The predicted octanol–water partition coefficient (Wildman–Crippen LogP) is 1.73. The van der Waals surface area contributed by atoms with Gasteiger partial charge >= 0.3 is 0 Å². The van der Waals surface area contributed by atoms with E-state index in [9.17, 15) is 4.79 Å². The minimum Gasteiger partial charge on any atom is -0.495 e. The van der Waals surface area contributed by atoms with Crippen molar-refractivity contribution in [2.24, 2.45) is 7.05 Å². The monoisotopic (exact) mass is 228 g/mol. The maximum atomic E-state index is 11.9. The van der Waals surface area contributed by atoms with Crippen molar-refractivity contribution < 1.29 is 4.74 Å². The number of nitrogens with zero attached hydrogens (tertiary/aromatic N) is 2. The standard InChI is InChI=1S/C13H12N2O2/c1-8-4-5-11(17-3)12-10(8)6-9(7-14)13(16)15(12)2/h4-6H,1-3H3. The molecular weight excluding hydrogens is 216 g/mol. The van der Waals surface area contributed by atoms with Gasteiger partial charge in [-0.25, -0.2) is 0 Å². The third-order valence-electron chi connectivity index (χ3n) is 2.90. The highest BCUT2D eigenvalue weighted by Crippen LogP contribution is 2.27. The number of aryl methyl sites for hydroxylation is 2. The van der Waals surface area contributed by atoms with Crippen LogP contribution in [0.25, 0.3) is 10.9 Å². The molecule has 0 amide bonds. The zero-order valence-electron chi connectivity index (χ0n) is 9.94. The van der Waals surface area contributed by atoms with Crippen LogP contribution in [-0.4, -0.2) is 11.7 Å². The molecule has 0 aliphatic carbocycles. The second-order valence-corrected chi connectivity index (χ2v) is 3.88. The van der Waals surface area contributed by atoms with Crippen molar-refractivity contribution in [3.05, 3.63) is 39.7 Å². The Balaban J connectivity index is 3.07. The molecule has 1 heterocycles. The first kappa shape index (κ1) is 11.2. The number of fused-ring (bicyclic) bond motifs is 1. The lowest BCUT2D eigenvalue weighted by Crippen LogP contribution is -2.20. The van der Waals surface area contributed by atoms with Gasteiger partial charge in [-0.15, -0.1) is 0 Å². The van der Waals surface area contributed by atoms with Crippen molar-refractivity contribution in [1.82, 2.24) is 4.57 Å². The smallest absolute Gasteiger partial charge is 0.268 e. The summed E-state index contributed by atoms with van der Waals surface area (Å²) in [5.41, 5.74) is 1.57. The molecule has 4 nitrogen and oxygen atoms in total. The molecule has 0 aliphatic rings. The minimum atomic E-state index is -0.302. The summed E-state index contributed by atoms with van der Waals surface area (Å²) >= 11 is 0. The van der Waals surface area contributed by atoms with E-state index in [4.69, 9.17) is 10.00 Å². The third-order valence-corrected chi connectivity index (χ3v) is 2.90. The van der Waals surface area contributed by atoms with Gasteiger partial charge in [0.2, 0.25) is 0 Å². The molecule has 86 valence electrons. The van der Waals surface area contributed by atoms with E-state index >= 15 is 0 Å².